The summed E-state index contributed by atoms with van der Waals surface area (Å²) in [4.78, 5) is 0. The van der Waals surface area contributed by atoms with Crippen molar-refractivity contribution in [1.29, 1.82) is 0 Å². The van der Waals surface area contributed by atoms with Gasteiger partial charge in [0.25, 0.3) is 0 Å². The number of hydrogen-bond donors (Lipinski definition) is 1. The van der Waals surface area contributed by atoms with Crippen molar-refractivity contribution in [3.05, 3.63) is 63.6 Å². The molecular weight excluding hydrogens is 300 g/mol. The van der Waals surface area contributed by atoms with Crippen molar-refractivity contribution < 1.29 is 8.78 Å². The van der Waals surface area contributed by atoms with Crippen LogP contribution < -0.4 is 5.73 Å². The molecule has 0 aromatic heterocycles. The second kappa shape index (κ2) is 5.19. The topological polar surface area (TPSA) is 26.0 Å². The van der Waals surface area contributed by atoms with Crippen LogP contribution in [-0.2, 0) is 0 Å². The minimum Gasteiger partial charge on any atom is -0.399 e. The average molecular weight is 308 g/mol. The van der Waals surface area contributed by atoms with Crippen LogP contribution in [0.1, 0.15) is 11.1 Å². The van der Waals surface area contributed by atoms with Crippen molar-refractivity contribution in [3.63, 3.8) is 0 Å². The second-order valence-corrected chi connectivity index (χ2v) is 4.42. The van der Waals surface area contributed by atoms with Crippen LogP contribution in [0.3, 0.4) is 0 Å². The van der Waals surface area contributed by atoms with Crippen LogP contribution >= 0.6 is 15.9 Å². The van der Waals surface area contributed by atoms with E-state index in [0.29, 0.717) is 5.69 Å². The Balaban J connectivity index is 2.33. The summed E-state index contributed by atoms with van der Waals surface area (Å²) in [6.07, 6.45) is 0. The van der Waals surface area contributed by atoms with Crippen LogP contribution in [0.4, 0.5) is 14.5 Å². The van der Waals surface area contributed by atoms with Gasteiger partial charge in [0.1, 0.15) is 11.6 Å². The highest BCUT2D eigenvalue weighted by Gasteiger charge is 2.06. The molecule has 0 fully saturated rings. The lowest BCUT2D eigenvalue weighted by atomic mass is 10.1. The maximum Gasteiger partial charge on any atom is 0.141 e. The first kappa shape index (κ1) is 12.6. The molecule has 4 heteroatoms. The van der Waals surface area contributed by atoms with E-state index in [0.717, 1.165) is 5.56 Å². The number of halogens is 3. The van der Waals surface area contributed by atoms with E-state index in [4.69, 9.17) is 5.73 Å². The van der Waals surface area contributed by atoms with Gasteiger partial charge in [-0.25, -0.2) is 8.78 Å². The largest absolute Gasteiger partial charge is 0.399 e. The van der Waals surface area contributed by atoms with Gasteiger partial charge in [-0.3, -0.25) is 0 Å². The highest BCUT2D eigenvalue weighted by molar-refractivity contribution is 9.10. The molecule has 0 aliphatic heterocycles. The van der Waals surface area contributed by atoms with E-state index in [-0.39, 0.29) is 10.0 Å². The Labute approximate surface area is 112 Å². The van der Waals surface area contributed by atoms with Gasteiger partial charge < -0.3 is 5.73 Å². The Morgan fingerprint density at radius 1 is 0.889 bits per heavy atom. The molecule has 90 valence electrons. The van der Waals surface area contributed by atoms with Gasteiger partial charge in [-0.05, 0) is 52.3 Å². The summed E-state index contributed by atoms with van der Waals surface area (Å²) in [6.45, 7) is 0. The molecule has 0 bridgehead atoms. The van der Waals surface area contributed by atoms with E-state index in [1.807, 2.05) is 0 Å². The summed E-state index contributed by atoms with van der Waals surface area (Å²) >= 11 is 2.81. The summed E-state index contributed by atoms with van der Waals surface area (Å²) < 4.78 is 26.3. The third-order valence-electron chi connectivity index (χ3n) is 2.25. The second-order valence-electron chi connectivity index (χ2n) is 3.63. The van der Waals surface area contributed by atoms with Crippen LogP contribution in [0.25, 0.3) is 0 Å². The fraction of sp³-hybridized carbons (Fsp3) is 0. The lowest BCUT2D eigenvalue weighted by Gasteiger charge is -1.97. The number of rotatable bonds is 0. The van der Waals surface area contributed by atoms with E-state index in [2.05, 4.69) is 27.8 Å². The molecule has 2 aromatic rings. The first-order valence-electron chi connectivity index (χ1n) is 5.08. The molecule has 18 heavy (non-hydrogen) atoms. The predicted molar refractivity (Wildman–Crippen MR) is 70.9 cm³/mol. The summed E-state index contributed by atoms with van der Waals surface area (Å²) in [5.74, 6) is 4.17. The van der Waals surface area contributed by atoms with Crippen molar-refractivity contribution in [3.8, 4) is 11.8 Å². The zero-order chi connectivity index (χ0) is 13.1. The fourth-order valence-corrected chi connectivity index (χ4v) is 1.57. The summed E-state index contributed by atoms with van der Waals surface area (Å²) in [6, 6.07) is 9.27. The van der Waals surface area contributed by atoms with Crippen molar-refractivity contribution in [1.82, 2.24) is 0 Å². The molecule has 0 radical (unpaired) electrons. The number of hydrogen-bond acceptors (Lipinski definition) is 1. The molecule has 0 saturated carbocycles. The lowest BCUT2D eigenvalue weighted by Crippen LogP contribution is -1.87. The van der Waals surface area contributed by atoms with Crippen LogP contribution in [-0.4, -0.2) is 0 Å². The first-order valence-corrected chi connectivity index (χ1v) is 5.87. The smallest absolute Gasteiger partial charge is 0.141 e. The summed E-state index contributed by atoms with van der Waals surface area (Å²) in [7, 11) is 0. The SMILES string of the molecule is Nc1ccc(C#Cc2cc(F)c(Br)c(F)c2)cc1. The van der Waals surface area contributed by atoms with Crippen molar-refractivity contribution in [2.24, 2.45) is 0 Å². The van der Waals surface area contributed by atoms with E-state index < -0.39 is 11.6 Å². The quantitative estimate of drug-likeness (QED) is 0.448. The molecule has 0 aliphatic carbocycles. The predicted octanol–water partition coefficient (Wildman–Crippen LogP) is 3.71. The first-order chi connectivity index (χ1) is 8.56. The highest BCUT2D eigenvalue weighted by Crippen LogP contribution is 2.20. The van der Waals surface area contributed by atoms with Crippen LogP contribution in [0, 0.1) is 23.5 Å². The zero-order valence-electron chi connectivity index (χ0n) is 9.18. The number of anilines is 1. The van der Waals surface area contributed by atoms with Crippen molar-refractivity contribution in [2.45, 2.75) is 0 Å². The van der Waals surface area contributed by atoms with Crippen LogP contribution in [0.2, 0.25) is 0 Å². The maximum atomic E-state index is 13.2. The van der Waals surface area contributed by atoms with Crippen molar-refractivity contribution >= 4 is 21.6 Å². The molecule has 2 rings (SSSR count). The molecule has 0 atom stereocenters. The van der Waals surface area contributed by atoms with Gasteiger partial charge in [-0.2, -0.15) is 0 Å². The Morgan fingerprint density at radius 3 is 1.94 bits per heavy atom. The Hall–Kier alpha value is -1.86. The fourth-order valence-electron chi connectivity index (χ4n) is 1.34. The van der Waals surface area contributed by atoms with E-state index in [1.165, 1.54) is 12.1 Å². The zero-order valence-corrected chi connectivity index (χ0v) is 10.8. The van der Waals surface area contributed by atoms with Gasteiger partial charge in [0.05, 0.1) is 4.47 Å². The van der Waals surface area contributed by atoms with E-state index in [1.54, 1.807) is 24.3 Å². The Kier molecular flexibility index (Phi) is 3.63. The minimum atomic E-state index is -0.670. The molecule has 0 unspecified atom stereocenters. The third-order valence-corrected chi connectivity index (χ3v) is 3.00. The Morgan fingerprint density at radius 2 is 1.39 bits per heavy atom. The van der Waals surface area contributed by atoms with Gasteiger partial charge in [-0.15, -0.1) is 0 Å². The molecule has 0 amide bonds. The number of benzene rings is 2. The summed E-state index contributed by atoms with van der Waals surface area (Å²) in [5.41, 5.74) is 7.19. The van der Waals surface area contributed by atoms with Crippen LogP contribution in [0.5, 0.6) is 0 Å². The number of nitrogen functional groups attached to an aromatic ring is 1. The molecule has 0 aliphatic rings. The molecular formula is C14H8BrF2N. The van der Waals surface area contributed by atoms with Gasteiger partial charge in [0.2, 0.25) is 0 Å². The van der Waals surface area contributed by atoms with E-state index >= 15 is 0 Å². The highest BCUT2D eigenvalue weighted by atomic mass is 79.9. The molecule has 0 heterocycles. The van der Waals surface area contributed by atoms with E-state index in [9.17, 15) is 8.78 Å². The third kappa shape index (κ3) is 2.88. The average Bonchev–Trinajstić information content (AvgIpc) is 2.35. The van der Waals surface area contributed by atoms with Gasteiger partial charge in [-0.1, -0.05) is 11.8 Å². The maximum absolute atomic E-state index is 13.2. The molecule has 1 nitrogen and oxygen atoms in total. The normalized spacial score (nSPS) is 9.72. The molecule has 0 saturated heterocycles. The molecule has 0 spiro atoms. The van der Waals surface area contributed by atoms with Gasteiger partial charge in [0, 0.05) is 16.8 Å². The van der Waals surface area contributed by atoms with Gasteiger partial charge >= 0.3 is 0 Å². The summed E-state index contributed by atoms with van der Waals surface area (Å²) in [5, 5.41) is 0. The monoisotopic (exact) mass is 307 g/mol. The minimum absolute atomic E-state index is 0.180. The standard InChI is InChI=1S/C14H8BrF2N/c15-14-12(16)7-10(8-13(14)17)2-1-9-3-5-11(18)6-4-9/h3-8H,18H2. The van der Waals surface area contributed by atoms with Crippen molar-refractivity contribution in [2.75, 3.05) is 5.73 Å². The van der Waals surface area contributed by atoms with Crippen LogP contribution in [0.15, 0.2) is 40.9 Å². The molecule has 2 aromatic carbocycles. The Bertz CT molecular complexity index is 616. The number of nitrogens with two attached hydrogens (primary N) is 1. The van der Waals surface area contributed by atoms with Gasteiger partial charge in [0.15, 0.2) is 0 Å². The molecule has 2 N–H and O–H groups in total. The lowest BCUT2D eigenvalue weighted by molar-refractivity contribution is 0.571.